The molecule has 4 N–H and O–H groups in total. The van der Waals surface area contributed by atoms with Crippen LogP contribution in [0.25, 0.3) is 0 Å². The first kappa shape index (κ1) is 30.6. The third-order valence-electron chi connectivity index (χ3n) is 5.75. The molecule has 2 rings (SSSR count). The average molecular weight is 528 g/mol. The Morgan fingerprint density at radius 2 is 1.68 bits per heavy atom. The molecule has 2 aromatic carbocycles. The third-order valence-corrected chi connectivity index (χ3v) is 5.75. The third kappa shape index (κ3) is 9.06. The van der Waals surface area contributed by atoms with Crippen molar-refractivity contribution in [1.82, 2.24) is 15.5 Å². The molecule has 0 radical (unpaired) electrons. The van der Waals surface area contributed by atoms with Crippen LogP contribution in [0.1, 0.15) is 63.8 Å². The number of alkyl carbamates (subject to hydrolysis) is 1. The number of carbonyl (C=O) groups excluding carboxylic acids is 3. The van der Waals surface area contributed by atoms with E-state index in [1.165, 1.54) is 4.90 Å². The van der Waals surface area contributed by atoms with Crippen molar-refractivity contribution in [2.75, 3.05) is 13.2 Å². The number of aliphatic hydroxyl groups excluding tert-OH is 1. The van der Waals surface area contributed by atoms with Gasteiger partial charge in [0.15, 0.2) is 0 Å². The molecule has 2 unspecified atom stereocenters. The lowest BCUT2D eigenvalue weighted by Crippen LogP contribution is -2.54. The van der Waals surface area contributed by atoms with Gasteiger partial charge in [-0.1, -0.05) is 62.4 Å². The summed E-state index contributed by atoms with van der Waals surface area (Å²) < 4.78 is 5.37. The van der Waals surface area contributed by atoms with E-state index in [0.717, 1.165) is 5.56 Å². The average Bonchev–Trinajstić information content (AvgIpc) is 2.83. The van der Waals surface area contributed by atoms with Gasteiger partial charge in [0.1, 0.15) is 23.4 Å². The molecule has 0 heterocycles. The maximum Gasteiger partial charge on any atom is 0.408 e. The molecule has 3 amide bonds. The smallest absolute Gasteiger partial charge is 0.408 e. The lowest BCUT2D eigenvalue weighted by atomic mass is 9.97. The summed E-state index contributed by atoms with van der Waals surface area (Å²) in [4.78, 5) is 41.4. The van der Waals surface area contributed by atoms with Gasteiger partial charge in [0.2, 0.25) is 11.8 Å². The van der Waals surface area contributed by atoms with Crippen molar-refractivity contribution in [3.63, 3.8) is 0 Å². The van der Waals surface area contributed by atoms with E-state index in [2.05, 4.69) is 10.6 Å². The number of nitrogens with one attached hydrogen (secondary N) is 2. The number of phenols is 1. The van der Waals surface area contributed by atoms with Gasteiger partial charge in [0, 0.05) is 18.7 Å². The minimum Gasteiger partial charge on any atom is -0.507 e. The van der Waals surface area contributed by atoms with E-state index in [1.54, 1.807) is 45.9 Å². The molecule has 0 aliphatic rings. The van der Waals surface area contributed by atoms with E-state index < -0.39 is 42.2 Å². The lowest BCUT2D eigenvalue weighted by Gasteiger charge is -2.35. The predicted molar refractivity (Wildman–Crippen MR) is 145 cm³/mol. The lowest BCUT2D eigenvalue weighted by molar-refractivity contribution is -0.143. The van der Waals surface area contributed by atoms with Crippen molar-refractivity contribution in [3.8, 4) is 5.75 Å². The first-order valence-corrected chi connectivity index (χ1v) is 12.8. The van der Waals surface area contributed by atoms with Crippen LogP contribution >= 0.6 is 0 Å². The number of amides is 3. The molecule has 9 heteroatoms. The largest absolute Gasteiger partial charge is 0.507 e. The molecular weight excluding hydrogens is 486 g/mol. The molecule has 38 heavy (non-hydrogen) atoms. The summed E-state index contributed by atoms with van der Waals surface area (Å²) >= 11 is 0. The molecule has 0 aliphatic carbocycles. The maximum absolute atomic E-state index is 13.9. The van der Waals surface area contributed by atoms with Crippen LogP contribution in [-0.2, 0) is 20.9 Å². The summed E-state index contributed by atoms with van der Waals surface area (Å²) in [5, 5.41) is 26.3. The number of hydrogen-bond acceptors (Lipinski definition) is 6. The highest BCUT2D eigenvalue weighted by Crippen LogP contribution is 2.32. The number of nitrogens with zero attached hydrogens (tertiary/aromatic N) is 1. The first-order valence-electron chi connectivity index (χ1n) is 12.8. The van der Waals surface area contributed by atoms with E-state index in [9.17, 15) is 24.6 Å². The van der Waals surface area contributed by atoms with Crippen LogP contribution in [0.15, 0.2) is 48.5 Å². The summed E-state index contributed by atoms with van der Waals surface area (Å²) in [5.41, 5.74) is 0.841. The maximum atomic E-state index is 13.9. The molecule has 0 bridgehead atoms. The monoisotopic (exact) mass is 527 g/mol. The molecule has 0 saturated carbocycles. The minimum absolute atomic E-state index is 0.0209. The molecule has 208 valence electrons. The Bertz CT molecular complexity index is 1080. The Morgan fingerprint density at radius 1 is 1.03 bits per heavy atom. The molecular formula is C29H41N3O6. The van der Waals surface area contributed by atoms with Gasteiger partial charge in [-0.3, -0.25) is 9.59 Å². The molecule has 0 spiro atoms. The Balaban J connectivity index is 2.48. The van der Waals surface area contributed by atoms with Crippen molar-refractivity contribution in [2.24, 2.45) is 5.92 Å². The Morgan fingerprint density at radius 3 is 2.26 bits per heavy atom. The summed E-state index contributed by atoms with van der Waals surface area (Å²) in [5.74, 6) is -1.20. The van der Waals surface area contributed by atoms with Gasteiger partial charge in [-0.05, 0) is 51.2 Å². The number of aromatic hydroxyl groups is 1. The summed E-state index contributed by atoms with van der Waals surface area (Å²) in [7, 11) is 0. The van der Waals surface area contributed by atoms with Crippen LogP contribution in [-0.4, -0.2) is 57.8 Å². The van der Waals surface area contributed by atoms with Crippen LogP contribution in [0.2, 0.25) is 0 Å². The minimum atomic E-state index is -1.26. The molecule has 0 saturated heterocycles. The zero-order valence-corrected chi connectivity index (χ0v) is 23.2. The summed E-state index contributed by atoms with van der Waals surface area (Å²) in [6, 6.07) is 12.0. The molecule has 0 aliphatic heterocycles. The van der Waals surface area contributed by atoms with Crippen molar-refractivity contribution in [3.05, 3.63) is 65.2 Å². The van der Waals surface area contributed by atoms with Crippen LogP contribution < -0.4 is 10.6 Å². The quantitative estimate of drug-likeness (QED) is 0.352. The highest BCUT2D eigenvalue weighted by molar-refractivity contribution is 5.92. The number of carbonyl (C=O) groups is 3. The zero-order chi connectivity index (χ0) is 28.5. The standard InChI is InChI=1S/C29H41N3O6/c1-19(2)17-23(31-28(37)38-29(4,5)6)27(36)32(15-16-33)24(22-14-10-11-20(3)25(22)34)26(35)30-18-21-12-8-7-9-13-21/h7-14,19,23-24,33-34H,15-18H2,1-6H3,(H,30,35)(H,31,37). The number of aryl methyl sites for hydroxylation is 1. The van der Waals surface area contributed by atoms with Crippen molar-refractivity contribution < 1.29 is 29.3 Å². The van der Waals surface area contributed by atoms with Crippen LogP contribution in [0.5, 0.6) is 5.75 Å². The Hall–Kier alpha value is -3.59. The van der Waals surface area contributed by atoms with Gasteiger partial charge in [0.25, 0.3) is 0 Å². The predicted octanol–water partition coefficient (Wildman–Crippen LogP) is 3.82. The number of phenolic OH excluding ortho intramolecular Hbond substituents is 1. The summed E-state index contributed by atoms with van der Waals surface area (Å²) in [6.07, 6.45) is -0.484. The van der Waals surface area contributed by atoms with E-state index in [1.807, 2.05) is 44.2 Å². The molecule has 0 fully saturated rings. The fourth-order valence-corrected chi connectivity index (χ4v) is 4.05. The van der Waals surface area contributed by atoms with E-state index in [-0.39, 0.29) is 36.7 Å². The highest BCUT2D eigenvalue weighted by Gasteiger charge is 2.37. The van der Waals surface area contributed by atoms with Gasteiger partial charge in [0.05, 0.1) is 6.61 Å². The second-order valence-corrected chi connectivity index (χ2v) is 10.7. The van der Waals surface area contributed by atoms with E-state index in [4.69, 9.17) is 4.74 Å². The Labute approximate surface area is 225 Å². The molecule has 2 atom stereocenters. The van der Waals surface area contributed by atoms with Crippen molar-refractivity contribution in [2.45, 2.75) is 72.2 Å². The van der Waals surface area contributed by atoms with E-state index >= 15 is 0 Å². The normalized spacial score (nSPS) is 12.9. The number of hydrogen-bond donors (Lipinski definition) is 4. The van der Waals surface area contributed by atoms with Crippen molar-refractivity contribution in [1.29, 1.82) is 0 Å². The number of ether oxygens (including phenoxy) is 1. The number of rotatable bonds is 11. The van der Waals surface area contributed by atoms with Gasteiger partial charge >= 0.3 is 6.09 Å². The topological polar surface area (TPSA) is 128 Å². The van der Waals surface area contributed by atoms with Crippen LogP contribution in [0, 0.1) is 12.8 Å². The first-order chi connectivity index (χ1) is 17.8. The summed E-state index contributed by atoms with van der Waals surface area (Å²) in [6.45, 7) is 10.2. The number of aliphatic hydroxyl groups is 1. The molecule has 2 aromatic rings. The number of para-hydroxylation sites is 1. The molecule has 9 nitrogen and oxygen atoms in total. The fourth-order valence-electron chi connectivity index (χ4n) is 4.05. The van der Waals surface area contributed by atoms with Gasteiger partial charge < -0.3 is 30.5 Å². The fraction of sp³-hybridized carbons (Fsp3) is 0.483. The zero-order valence-electron chi connectivity index (χ0n) is 23.2. The van der Waals surface area contributed by atoms with Crippen LogP contribution in [0.3, 0.4) is 0 Å². The highest BCUT2D eigenvalue weighted by atomic mass is 16.6. The number of benzene rings is 2. The van der Waals surface area contributed by atoms with Gasteiger partial charge in [-0.2, -0.15) is 0 Å². The van der Waals surface area contributed by atoms with Crippen LogP contribution in [0.4, 0.5) is 4.79 Å². The second kappa shape index (κ2) is 13.8. The molecule has 0 aromatic heterocycles. The van der Waals surface area contributed by atoms with Gasteiger partial charge in [-0.15, -0.1) is 0 Å². The second-order valence-electron chi connectivity index (χ2n) is 10.7. The SMILES string of the molecule is Cc1cccc(C(C(=O)NCc2ccccc2)N(CCO)C(=O)C(CC(C)C)NC(=O)OC(C)(C)C)c1O. The van der Waals surface area contributed by atoms with E-state index in [0.29, 0.717) is 5.56 Å². The Kier molecular flexibility index (Phi) is 11.1. The van der Waals surface area contributed by atoms with Gasteiger partial charge in [-0.25, -0.2) is 4.79 Å². The van der Waals surface area contributed by atoms with Crippen molar-refractivity contribution >= 4 is 17.9 Å².